The second kappa shape index (κ2) is 5.90. The fourth-order valence-corrected chi connectivity index (χ4v) is 2.25. The Morgan fingerprint density at radius 2 is 2.26 bits per heavy atom. The highest BCUT2D eigenvalue weighted by Crippen LogP contribution is 2.25. The van der Waals surface area contributed by atoms with Gasteiger partial charge in [0.1, 0.15) is 5.75 Å². The number of likely N-dealkylation sites (tertiary alicyclic amines) is 1. The van der Waals surface area contributed by atoms with E-state index in [0.29, 0.717) is 17.9 Å². The molecule has 1 aliphatic rings. The van der Waals surface area contributed by atoms with Crippen molar-refractivity contribution in [2.75, 3.05) is 25.6 Å². The first-order chi connectivity index (χ1) is 9.15. The van der Waals surface area contributed by atoms with Crippen molar-refractivity contribution in [2.45, 2.75) is 18.6 Å². The molecular formula is C13H18N2O4. The first-order valence-corrected chi connectivity index (χ1v) is 6.15. The number of benzene rings is 1. The van der Waals surface area contributed by atoms with E-state index in [1.807, 2.05) is 6.07 Å². The molecule has 0 radical (unpaired) electrons. The van der Waals surface area contributed by atoms with Crippen LogP contribution in [0.5, 0.6) is 5.75 Å². The highest BCUT2D eigenvalue weighted by Gasteiger charge is 2.34. The smallest absolute Gasteiger partial charge is 0.322 e. The molecule has 1 aliphatic heterocycles. The SMILES string of the molecule is COc1ccccc1NC(=O)N1CC(O)CC1CO. The molecule has 6 heteroatoms. The molecule has 2 rings (SSSR count). The highest BCUT2D eigenvalue weighted by molar-refractivity contribution is 5.91. The van der Waals surface area contributed by atoms with E-state index in [4.69, 9.17) is 4.74 Å². The fourth-order valence-electron chi connectivity index (χ4n) is 2.25. The first-order valence-electron chi connectivity index (χ1n) is 6.15. The maximum atomic E-state index is 12.1. The number of amides is 2. The maximum absolute atomic E-state index is 12.1. The van der Waals surface area contributed by atoms with E-state index in [1.165, 1.54) is 12.0 Å². The van der Waals surface area contributed by atoms with E-state index in [1.54, 1.807) is 18.2 Å². The van der Waals surface area contributed by atoms with Crippen molar-refractivity contribution in [2.24, 2.45) is 0 Å². The molecule has 6 nitrogen and oxygen atoms in total. The van der Waals surface area contributed by atoms with Crippen molar-refractivity contribution < 1.29 is 19.7 Å². The molecule has 0 bridgehead atoms. The van der Waals surface area contributed by atoms with Gasteiger partial charge in [-0.3, -0.25) is 0 Å². The van der Waals surface area contributed by atoms with Gasteiger partial charge < -0.3 is 25.2 Å². The van der Waals surface area contributed by atoms with Crippen LogP contribution in [0.4, 0.5) is 10.5 Å². The first kappa shape index (κ1) is 13.6. The zero-order valence-corrected chi connectivity index (χ0v) is 10.7. The lowest BCUT2D eigenvalue weighted by Crippen LogP contribution is -2.40. The lowest BCUT2D eigenvalue weighted by molar-refractivity contribution is 0.164. The number of β-amino-alcohol motifs (C(OH)–C–C–N with tert-alkyl or cyclic N) is 1. The number of carbonyl (C=O) groups is 1. The third kappa shape index (κ3) is 2.97. The maximum Gasteiger partial charge on any atom is 0.322 e. The Balaban J connectivity index is 2.08. The molecule has 19 heavy (non-hydrogen) atoms. The van der Waals surface area contributed by atoms with Crippen LogP contribution in [0.1, 0.15) is 6.42 Å². The number of carbonyl (C=O) groups excluding carboxylic acids is 1. The van der Waals surface area contributed by atoms with Crippen molar-refractivity contribution >= 4 is 11.7 Å². The number of para-hydroxylation sites is 2. The number of urea groups is 1. The van der Waals surface area contributed by atoms with Crippen LogP contribution in [0.25, 0.3) is 0 Å². The van der Waals surface area contributed by atoms with Gasteiger partial charge >= 0.3 is 6.03 Å². The van der Waals surface area contributed by atoms with E-state index in [-0.39, 0.29) is 25.2 Å². The van der Waals surface area contributed by atoms with Crippen molar-refractivity contribution in [3.8, 4) is 5.75 Å². The number of ether oxygens (including phenoxy) is 1. The van der Waals surface area contributed by atoms with Crippen LogP contribution in [0.3, 0.4) is 0 Å². The van der Waals surface area contributed by atoms with Gasteiger partial charge in [-0.2, -0.15) is 0 Å². The molecule has 0 aliphatic carbocycles. The van der Waals surface area contributed by atoms with Gasteiger partial charge in [0.15, 0.2) is 0 Å². The van der Waals surface area contributed by atoms with Crippen LogP contribution in [0.15, 0.2) is 24.3 Å². The van der Waals surface area contributed by atoms with E-state index in [0.717, 1.165) is 0 Å². The summed E-state index contributed by atoms with van der Waals surface area (Å²) in [6, 6.07) is 6.39. The average molecular weight is 266 g/mol. The predicted octanol–water partition coefficient (Wildman–Crippen LogP) is 0.655. The van der Waals surface area contributed by atoms with Gasteiger partial charge in [0.2, 0.25) is 0 Å². The monoisotopic (exact) mass is 266 g/mol. The number of hydrogen-bond acceptors (Lipinski definition) is 4. The third-order valence-electron chi connectivity index (χ3n) is 3.21. The zero-order chi connectivity index (χ0) is 13.8. The Kier molecular flexibility index (Phi) is 4.24. The van der Waals surface area contributed by atoms with E-state index in [9.17, 15) is 15.0 Å². The Morgan fingerprint density at radius 3 is 2.95 bits per heavy atom. The molecule has 104 valence electrons. The van der Waals surface area contributed by atoms with Crippen molar-refractivity contribution in [3.05, 3.63) is 24.3 Å². The molecule has 1 aromatic carbocycles. The molecule has 1 fully saturated rings. The summed E-state index contributed by atoms with van der Waals surface area (Å²) in [5.41, 5.74) is 0.563. The molecule has 0 saturated carbocycles. The number of aliphatic hydroxyl groups excluding tert-OH is 2. The Bertz CT molecular complexity index is 452. The van der Waals surface area contributed by atoms with Crippen molar-refractivity contribution in [1.29, 1.82) is 0 Å². The summed E-state index contributed by atoms with van der Waals surface area (Å²) in [7, 11) is 1.53. The molecule has 2 unspecified atom stereocenters. The second-order valence-electron chi connectivity index (χ2n) is 4.51. The number of hydrogen-bond donors (Lipinski definition) is 3. The quantitative estimate of drug-likeness (QED) is 0.750. The molecule has 0 aromatic heterocycles. The van der Waals surface area contributed by atoms with Crippen LogP contribution >= 0.6 is 0 Å². The number of methoxy groups -OCH3 is 1. The average Bonchev–Trinajstić information content (AvgIpc) is 2.80. The number of nitrogens with one attached hydrogen (secondary N) is 1. The lowest BCUT2D eigenvalue weighted by atomic mass is 10.2. The minimum absolute atomic E-state index is 0.156. The summed E-state index contributed by atoms with van der Waals surface area (Å²) in [5.74, 6) is 0.566. The fraction of sp³-hybridized carbons (Fsp3) is 0.462. The molecular weight excluding hydrogens is 248 g/mol. The van der Waals surface area contributed by atoms with Crippen LogP contribution < -0.4 is 10.1 Å². The summed E-state index contributed by atoms with van der Waals surface area (Å²) < 4.78 is 5.15. The van der Waals surface area contributed by atoms with Gasteiger partial charge in [0.25, 0.3) is 0 Å². The van der Waals surface area contributed by atoms with Crippen LogP contribution in [0, 0.1) is 0 Å². The topological polar surface area (TPSA) is 82.0 Å². The molecule has 1 aromatic rings. The van der Waals surface area contributed by atoms with Crippen LogP contribution in [-0.2, 0) is 0 Å². The minimum atomic E-state index is -0.583. The minimum Gasteiger partial charge on any atom is -0.495 e. The predicted molar refractivity (Wildman–Crippen MR) is 70.2 cm³/mol. The summed E-state index contributed by atoms with van der Waals surface area (Å²) >= 11 is 0. The highest BCUT2D eigenvalue weighted by atomic mass is 16.5. The van der Waals surface area contributed by atoms with Gasteiger partial charge in [-0.1, -0.05) is 12.1 Å². The Labute approximate surface area is 111 Å². The number of nitrogens with zero attached hydrogens (tertiary/aromatic N) is 1. The third-order valence-corrected chi connectivity index (χ3v) is 3.21. The van der Waals surface area contributed by atoms with Crippen molar-refractivity contribution in [1.82, 2.24) is 4.90 Å². The summed E-state index contributed by atoms with van der Waals surface area (Å²) in [5, 5.41) is 21.5. The molecule has 1 heterocycles. The molecule has 1 saturated heterocycles. The summed E-state index contributed by atoms with van der Waals surface area (Å²) in [4.78, 5) is 13.6. The molecule has 3 N–H and O–H groups in total. The van der Waals surface area contributed by atoms with E-state index in [2.05, 4.69) is 5.32 Å². The van der Waals surface area contributed by atoms with E-state index >= 15 is 0 Å². The normalized spacial score (nSPS) is 22.4. The Hall–Kier alpha value is -1.79. The zero-order valence-electron chi connectivity index (χ0n) is 10.7. The van der Waals surface area contributed by atoms with Gasteiger partial charge in [0.05, 0.1) is 31.5 Å². The number of aliphatic hydroxyl groups is 2. The summed E-state index contributed by atoms with van der Waals surface area (Å²) in [6.45, 7) is 0.0720. The Morgan fingerprint density at radius 1 is 1.53 bits per heavy atom. The van der Waals surface area contributed by atoms with Gasteiger partial charge in [-0.05, 0) is 18.6 Å². The summed E-state index contributed by atoms with van der Waals surface area (Å²) in [6.07, 6.45) is -0.184. The standard InChI is InChI=1S/C13H18N2O4/c1-19-12-5-3-2-4-11(12)14-13(18)15-7-10(17)6-9(15)8-16/h2-5,9-10,16-17H,6-8H2,1H3,(H,14,18). The van der Waals surface area contributed by atoms with Gasteiger partial charge in [-0.25, -0.2) is 4.79 Å². The van der Waals surface area contributed by atoms with Crippen LogP contribution in [0.2, 0.25) is 0 Å². The molecule has 0 spiro atoms. The van der Waals surface area contributed by atoms with Gasteiger partial charge in [-0.15, -0.1) is 0 Å². The van der Waals surface area contributed by atoms with Gasteiger partial charge in [0, 0.05) is 6.54 Å². The van der Waals surface area contributed by atoms with Crippen LogP contribution in [-0.4, -0.2) is 53.6 Å². The second-order valence-corrected chi connectivity index (χ2v) is 4.51. The van der Waals surface area contributed by atoms with Crippen molar-refractivity contribution in [3.63, 3.8) is 0 Å². The molecule has 2 atom stereocenters. The number of rotatable bonds is 3. The lowest BCUT2D eigenvalue weighted by Gasteiger charge is -2.23. The number of anilines is 1. The molecule has 2 amide bonds. The largest absolute Gasteiger partial charge is 0.495 e. The van der Waals surface area contributed by atoms with E-state index < -0.39 is 6.10 Å².